The minimum absolute atomic E-state index is 0.0304. The molecule has 0 aliphatic rings. The van der Waals surface area contributed by atoms with Crippen molar-refractivity contribution in [2.45, 2.75) is 12.5 Å². The van der Waals surface area contributed by atoms with Gasteiger partial charge in [-0.2, -0.15) is 0 Å². The maximum Gasteiger partial charge on any atom is 0.307 e. The number of nitrogens with zero attached hydrogens (tertiary/aromatic N) is 1. The monoisotopic (exact) mass is 418 g/mol. The number of hydrogen-bond acceptors (Lipinski definition) is 5. The van der Waals surface area contributed by atoms with Gasteiger partial charge in [-0.05, 0) is 35.9 Å². The van der Waals surface area contributed by atoms with E-state index in [1.807, 2.05) is 0 Å². The van der Waals surface area contributed by atoms with E-state index in [-0.39, 0.29) is 18.9 Å². The standard InChI is InChI=1S/C21H23ClN2O5/c1-24(2)19(25)13-29-17-6-4-5-15(11-17)21(27)23-18(12-20(26)28-3)14-7-9-16(22)10-8-14/h4-11,18H,12-13H2,1-3H3,(H,23,27). The molecule has 0 saturated heterocycles. The van der Waals surface area contributed by atoms with E-state index < -0.39 is 17.9 Å². The van der Waals surface area contributed by atoms with Gasteiger partial charge in [0, 0.05) is 24.7 Å². The molecule has 0 fully saturated rings. The molecular weight excluding hydrogens is 396 g/mol. The van der Waals surface area contributed by atoms with E-state index in [4.69, 9.17) is 21.1 Å². The average molecular weight is 419 g/mol. The highest BCUT2D eigenvalue weighted by Crippen LogP contribution is 2.21. The highest BCUT2D eigenvalue weighted by atomic mass is 35.5. The second-order valence-corrected chi connectivity index (χ2v) is 6.90. The Morgan fingerprint density at radius 3 is 2.41 bits per heavy atom. The Labute approximate surface area is 174 Å². The summed E-state index contributed by atoms with van der Waals surface area (Å²) in [4.78, 5) is 37.6. The molecule has 2 amide bonds. The lowest BCUT2D eigenvalue weighted by Gasteiger charge is -2.19. The van der Waals surface area contributed by atoms with Crippen molar-refractivity contribution in [3.05, 3.63) is 64.7 Å². The summed E-state index contributed by atoms with van der Waals surface area (Å²) in [6.07, 6.45) is -0.0304. The number of carbonyl (C=O) groups is 3. The summed E-state index contributed by atoms with van der Waals surface area (Å²) in [6.45, 7) is -0.131. The Bertz CT molecular complexity index is 868. The molecule has 154 valence electrons. The van der Waals surface area contributed by atoms with Crippen LogP contribution in [0.4, 0.5) is 0 Å². The molecule has 1 N–H and O–H groups in total. The second-order valence-electron chi connectivity index (χ2n) is 6.46. The third-order valence-electron chi connectivity index (χ3n) is 4.13. The van der Waals surface area contributed by atoms with Crippen LogP contribution < -0.4 is 10.1 Å². The predicted octanol–water partition coefficient (Wildman–Crippen LogP) is 2.84. The molecule has 0 saturated carbocycles. The van der Waals surface area contributed by atoms with Crippen molar-refractivity contribution >= 4 is 29.4 Å². The minimum Gasteiger partial charge on any atom is -0.484 e. The van der Waals surface area contributed by atoms with Crippen LogP contribution in [0.15, 0.2) is 48.5 Å². The molecule has 0 aliphatic heterocycles. The van der Waals surface area contributed by atoms with Crippen molar-refractivity contribution in [3.8, 4) is 5.75 Å². The maximum absolute atomic E-state index is 12.7. The zero-order chi connectivity index (χ0) is 21.4. The second kappa shape index (κ2) is 10.5. The third-order valence-corrected chi connectivity index (χ3v) is 4.39. The smallest absolute Gasteiger partial charge is 0.307 e. The van der Waals surface area contributed by atoms with Gasteiger partial charge in [-0.25, -0.2) is 0 Å². The lowest BCUT2D eigenvalue weighted by Crippen LogP contribution is -2.30. The van der Waals surface area contributed by atoms with Gasteiger partial charge < -0.3 is 19.7 Å². The van der Waals surface area contributed by atoms with Gasteiger partial charge in [0.2, 0.25) is 0 Å². The molecule has 0 spiro atoms. The topological polar surface area (TPSA) is 84.9 Å². The van der Waals surface area contributed by atoms with E-state index >= 15 is 0 Å². The number of carbonyl (C=O) groups excluding carboxylic acids is 3. The molecule has 0 aliphatic carbocycles. The molecule has 2 rings (SSSR count). The summed E-state index contributed by atoms with van der Waals surface area (Å²) in [5.41, 5.74) is 1.06. The van der Waals surface area contributed by atoms with Crippen molar-refractivity contribution in [2.24, 2.45) is 0 Å². The number of amides is 2. The lowest BCUT2D eigenvalue weighted by atomic mass is 10.0. The SMILES string of the molecule is COC(=O)CC(NC(=O)c1cccc(OCC(=O)N(C)C)c1)c1ccc(Cl)cc1. The quantitative estimate of drug-likeness (QED) is 0.666. The first kappa shape index (κ1) is 22.2. The molecule has 0 heterocycles. The zero-order valence-corrected chi connectivity index (χ0v) is 17.2. The number of hydrogen-bond donors (Lipinski definition) is 1. The Morgan fingerprint density at radius 1 is 1.10 bits per heavy atom. The van der Waals surface area contributed by atoms with Crippen LogP contribution in [0.25, 0.3) is 0 Å². The molecule has 1 unspecified atom stereocenters. The van der Waals surface area contributed by atoms with Gasteiger partial charge in [-0.3, -0.25) is 14.4 Å². The van der Waals surface area contributed by atoms with Gasteiger partial charge in [0.25, 0.3) is 11.8 Å². The van der Waals surface area contributed by atoms with Crippen molar-refractivity contribution in [1.29, 1.82) is 0 Å². The van der Waals surface area contributed by atoms with Crippen LogP contribution in [0, 0.1) is 0 Å². The molecule has 1 atom stereocenters. The molecule has 0 bridgehead atoms. The van der Waals surface area contributed by atoms with Crippen LogP contribution in [0.2, 0.25) is 5.02 Å². The highest BCUT2D eigenvalue weighted by Gasteiger charge is 2.20. The molecule has 7 nitrogen and oxygen atoms in total. The van der Waals surface area contributed by atoms with Crippen LogP contribution in [0.5, 0.6) is 5.75 Å². The van der Waals surface area contributed by atoms with E-state index in [9.17, 15) is 14.4 Å². The number of halogens is 1. The van der Waals surface area contributed by atoms with Crippen LogP contribution >= 0.6 is 11.6 Å². The third kappa shape index (κ3) is 6.80. The summed E-state index contributed by atoms with van der Waals surface area (Å²) in [6, 6.07) is 12.7. The van der Waals surface area contributed by atoms with Gasteiger partial charge in [-0.1, -0.05) is 29.8 Å². The summed E-state index contributed by atoms with van der Waals surface area (Å²) < 4.78 is 10.2. The van der Waals surface area contributed by atoms with Crippen LogP contribution in [0.1, 0.15) is 28.4 Å². The lowest BCUT2D eigenvalue weighted by molar-refractivity contribution is -0.141. The van der Waals surface area contributed by atoms with E-state index in [0.29, 0.717) is 16.3 Å². The number of ether oxygens (including phenoxy) is 2. The fraction of sp³-hybridized carbons (Fsp3) is 0.286. The van der Waals surface area contributed by atoms with Crippen molar-refractivity contribution < 1.29 is 23.9 Å². The molecule has 8 heteroatoms. The first-order valence-electron chi connectivity index (χ1n) is 8.86. The zero-order valence-electron chi connectivity index (χ0n) is 16.5. The molecular formula is C21H23ClN2O5. The fourth-order valence-corrected chi connectivity index (χ4v) is 2.57. The number of benzene rings is 2. The number of esters is 1. The van der Waals surface area contributed by atoms with Gasteiger partial charge in [-0.15, -0.1) is 0 Å². The Hall–Kier alpha value is -3.06. The van der Waals surface area contributed by atoms with E-state index in [2.05, 4.69) is 5.32 Å². The Kier molecular flexibility index (Phi) is 8.03. The summed E-state index contributed by atoms with van der Waals surface area (Å²) in [7, 11) is 4.56. The normalized spacial score (nSPS) is 11.3. The van der Waals surface area contributed by atoms with E-state index in [1.165, 1.54) is 18.1 Å². The maximum atomic E-state index is 12.7. The van der Waals surface area contributed by atoms with Gasteiger partial charge >= 0.3 is 5.97 Å². The summed E-state index contributed by atoms with van der Waals surface area (Å²) in [5, 5.41) is 3.38. The summed E-state index contributed by atoms with van der Waals surface area (Å²) >= 11 is 5.92. The molecule has 29 heavy (non-hydrogen) atoms. The number of rotatable bonds is 8. The summed E-state index contributed by atoms with van der Waals surface area (Å²) in [5.74, 6) is -0.646. The van der Waals surface area contributed by atoms with Crippen molar-refractivity contribution in [2.75, 3.05) is 27.8 Å². The van der Waals surface area contributed by atoms with Gasteiger partial charge in [0.05, 0.1) is 19.6 Å². The Balaban J connectivity index is 2.14. The molecule has 0 aromatic heterocycles. The van der Waals surface area contributed by atoms with Crippen LogP contribution in [-0.2, 0) is 14.3 Å². The molecule has 2 aromatic rings. The van der Waals surface area contributed by atoms with E-state index in [1.54, 1.807) is 56.6 Å². The number of methoxy groups -OCH3 is 1. The number of nitrogens with one attached hydrogen (secondary N) is 1. The predicted molar refractivity (Wildman–Crippen MR) is 109 cm³/mol. The Morgan fingerprint density at radius 2 is 1.79 bits per heavy atom. The average Bonchev–Trinajstić information content (AvgIpc) is 2.72. The van der Waals surface area contributed by atoms with Crippen LogP contribution in [0.3, 0.4) is 0 Å². The van der Waals surface area contributed by atoms with Gasteiger partial charge in [0.15, 0.2) is 6.61 Å². The first-order valence-corrected chi connectivity index (χ1v) is 9.24. The van der Waals surface area contributed by atoms with Gasteiger partial charge in [0.1, 0.15) is 5.75 Å². The first-order chi connectivity index (χ1) is 13.8. The molecule has 0 radical (unpaired) electrons. The fourth-order valence-electron chi connectivity index (χ4n) is 2.44. The highest BCUT2D eigenvalue weighted by molar-refractivity contribution is 6.30. The van der Waals surface area contributed by atoms with Crippen LogP contribution in [-0.4, -0.2) is 50.5 Å². The van der Waals surface area contributed by atoms with Crippen molar-refractivity contribution in [1.82, 2.24) is 10.2 Å². The van der Waals surface area contributed by atoms with E-state index in [0.717, 1.165) is 5.56 Å². The van der Waals surface area contributed by atoms with Crippen molar-refractivity contribution in [3.63, 3.8) is 0 Å². The largest absolute Gasteiger partial charge is 0.484 e. The molecule has 2 aromatic carbocycles. The number of likely N-dealkylation sites (N-methyl/N-ethyl adjacent to an activating group) is 1. The minimum atomic E-state index is -0.591.